The predicted molar refractivity (Wildman–Crippen MR) is 105 cm³/mol. The van der Waals surface area contributed by atoms with Crippen LogP contribution in [0.2, 0.25) is 0 Å². The Morgan fingerprint density at radius 2 is 1.73 bits per heavy atom. The highest BCUT2D eigenvalue weighted by atomic mass is 79.9. The van der Waals surface area contributed by atoms with Crippen molar-refractivity contribution in [1.29, 1.82) is 0 Å². The summed E-state index contributed by atoms with van der Waals surface area (Å²) < 4.78 is 6.07. The van der Waals surface area contributed by atoms with E-state index in [0.717, 1.165) is 15.6 Å². The number of halogens is 1. The van der Waals surface area contributed by atoms with Crippen LogP contribution in [0.5, 0.6) is 0 Å². The third-order valence-electron chi connectivity index (χ3n) is 3.91. The fraction of sp³-hybridized carbons (Fsp3) is 0.100. The van der Waals surface area contributed by atoms with Gasteiger partial charge >= 0.3 is 0 Å². The van der Waals surface area contributed by atoms with Gasteiger partial charge in [-0.1, -0.05) is 22.0 Å². The van der Waals surface area contributed by atoms with Crippen molar-refractivity contribution in [2.24, 2.45) is 0 Å². The van der Waals surface area contributed by atoms with Crippen LogP contribution in [0.1, 0.15) is 32.0 Å². The first-order chi connectivity index (χ1) is 12.4. The Hall–Kier alpha value is -2.86. The molecular weight excluding hydrogens is 396 g/mol. The van der Waals surface area contributed by atoms with E-state index in [-0.39, 0.29) is 17.6 Å². The van der Waals surface area contributed by atoms with Crippen molar-refractivity contribution in [2.45, 2.75) is 13.8 Å². The Balaban J connectivity index is 1.78. The number of furan rings is 1. The molecule has 0 aliphatic carbocycles. The number of benzene rings is 2. The van der Waals surface area contributed by atoms with Gasteiger partial charge in [-0.2, -0.15) is 0 Å². The minimum absolute atomic E-state index is 0.213. The number of anilines is 2. The third kappa shape index (κ3) is 4.03. The molecule has 0 unspecified atom stereocenters. The summed E-state index contributed by atoms with van der Waals surface area (Å²) in [5.41, 5.74) is 3.59. The molecule has 0 saturated carbocycles. The molecule has 2 N–H and O–H groups in total. The van der Waals surface area contributed by atoms with Gasteiger partial charge in [-0.05, 0) is 67.4 Å². The number of rotatable bonds is 4. The first-order valence-electron chi connectivity index (χ1n) is 7.97. The first-order valence-corrected chi connectivity index (χ1v) is 8.76. The molecule has 3 aromatic rings. The topological polar surface area (TPSA) is 71.3 Å². The standard InChI is InChI=1S/C20H17BrN2O3/c1-12-5-6-14(11-17(12)23-20(25)18-4-3-9-26-18)19(24)22-15-7-8-16(21)13(2)10-15/h3-11H,1-2H3,(H,22,24)(H,23,25). The van der Waals surface area contributed by atoms with E-state index in [9.17, 15) is 9.59 Å². The molecular formula is C20H17BrN2O3. The highest BCUT2D eigenvalue weighted by molar-refractivity contribution is 9.10. The van der Waals surface area contributed by atoms with Crippen molar-refractivity contribution in [1.82, 2.24) is 0 Å². The SMILES string of the molecule is Cc1cc(NC(=O)c2ccc(C)c(NC(=O)c3ccco3)c2)ccc1Br. The van der Waals surface area contributed by atoms with Gasteiger partial charge in [0.1, 0.15) is 0 Å². The summed E-state index contributed by atoms with van der Waals surface area (Å²) in [4.78, 5) is 24.7. The van der Waals surface area contributed by atoms with Gasteiger partial charge in [-0.3, -0.25) is 9.59 Å². The number of hydrogen-bond donors (Lipinski definition) is 2. The molecule has 0 spiro atoms. The quantitative estimate of drug-likeness (QED) is 0.621. The van der Waals surface area contributed by atoms with E-state index in [1.54, 1.807) is 30.3 Å². The van der Waals surface area contributed by atoms with Gasteiger partial charge in [0.05, 0.1) is 6.26 Å². The largest absolute Gasteiger partial charge is 0.459 e. The maximum absolute atomic E-state index is 12.5. The molecule has 2 aromatic carbocycles. The Labute approximate surface area is 159 Å². The molecule has 5 nitrogen and oxygen atoms in total. The molecule has 0 aliphatic heterocycles. The summed E-state index contributed by atoms with van der Waals surface area (Å²) >= 11 is 3.44. The molecule has 1 heterocycles. The van der Waals surface area contributed by atoms with E-state index >= 15 is 0 Å². The van der Waals surface area contributed by atoms with E-state index in [0.29, 0.717) is 16.9 Å². The van der Waals surface area contributed by atoms with Gasteiger partial charge in [0.2, 0.25) is 0 Å². The fourth-order valence-electron chi connectivity index (χ4n) is 2.42. The van der Waals surface area contributed by atoms with E-state index < -0.39 is 0 Å². The Morgan fingerprint density at radius 1 is 0.923 bits per heavy atom. The minimum atomic E-state index is -0.362. The average molecular weight is 413 g/mol. The number of carbonyl (C=O) groups is 2. The molecule has 3 rings (SSSR count). The monoisotopic (exact) mass is 412 g/mol. The highest BCUT2D eigenvalue weighted by Gasteiger charge is 2.13. The lowest BCUT2D eigenvalue weighted by Gasteiger charge is -2.11. The van der Waals surface area contributed by atoms with Crippen molar-refractivity contribution >= 4 is 39.1 Å². The van der Waals surface area contributed by atoms with Crippen molar-refractivity contribution < 1.29 is 14.0 Å². The van der Waals surface area contributed by atoms with Crippen molar-refractivity contribution in [3.8, 4) is 0 Å². The lowest BCUT2D eigenvalue weighted by atomic mass is 10.1. The predicted octanol–water partition coefficient (Wildman–Crippen LogP) is 5.16. The molecule has 1 aromatic heterocycles. The Bertz CT molecular complexity index is 965. The molecule has 0 aliphatic rings. The van der Waals surface area contributed by atoms with Gasteiger partial charge in [-0.25, -0.2) is 0 Å². The molecule has 0 fully saturated rings. The molecule has 26 heavy (non-hydrogen) atoms. The Kier molecular flexibility index (Phi) is 5.23. The van der Waals surface area contributed by atoms with E-state index in [2.05, 4.69) is 26.6 Å². The summed E-state index contributed by atoms with van der Waals surface area (Å²) in [6.07, 6.45) is 1.44. The van der Waals surface area contributed by atoms with Crippen LogP contribution in [-0.2, 0) is 0 Å². The fourth-order valence-corrected chi connectivity index (χ4v) is 2.66. The van der Waals surface area contributed by atoms with Crippen LogP contribution in [0.4, 0.5) is 11.4 Å². The van der Waals surface area contributed by atoms with Crippen molar-refractivity contribution in [3.63, 3.8) is 0 Å². The zero-order chi connectivity index (χ0) is 18.7. The van der Waals surface area contributed by atoms with Crippen LogP contribution in [0, 0.1) is 13.8 Å². The van der Waals surface area contributed by atoms with Crippen LogP contribution >= 0.6 is 15.9 Å². The second kappa shape index (κ2) is 7.58. The molecule has 0 bridgehead atoms. The normalized spacial score (nSPS) is 10.4. The van der Waals surface area contributed by atoms with Crippen molar-refractivity contribution in [2.75, 3.05) is 10.6 Å². The smallest absolute Gasteiger partial charge is 0.291 e. The van der Waals surface area contributed by atoms with E-state index in [1.165, 1.54) is 6.26 Å². The molecule has 132 valence electrons. The first kappa shape index (κ1) is 17.9. The van der Waals surface area contributed by atoms with Gasteiger partial charge in [-0.15, -0.1) is 0 Å². The number of nitrogens with one attached hydrogen (secondary N) is 2. The average Bonchev–Trinajstić information content (AvgIpc) is 3.15. The second-order valence-electron chi connectivity index (χ2n) is 5.88. The maximum atomic E-state index is 12.5. The number of carbonyl (C=O) groups excluding carboxylic acids is 2. The molecule has 0 atom stereocenters. The molecule has 0 saturated heterocycles. The minimum Gasteiger partial charge on any atom is -0.459 e. The lowest BCUT2D eigenvalue weighted by Crippen LogP contribution is -2.15. The van der Waals surface area contributed by atoms with Gasteiger partial charge in [0.25, 0.3) is 11.8 Å². The zero-order valence-corrected chi connectivity index (χ0v) is 15.9. The summed E-state index contributed by atoms with van der Waals surface area (Å²) in [6, 6.07) is 14.0. The van der Waals surface area contributed by atoms with Gasteiger partial charge in [0.15, 0.2) is 5.76 Å². The van der Waals surface area contributed by atoms with Crippen molar-refractivity contribution in [3.05, 3.63) is 81.7 Å². The van der Waals surface area contributed by atoms with Gasteiger partial charge < -0.3 is 15.1 Å². The summed E-state index contributed by atoms with van der Waals surface area (Å²) in [5.74, 6) is -0.399. The van der Waals surface area contributed by atoms with E-state index in [1.807, 2.05) is 32.0 Å². The number of aryl methyl sites for hydroxylation is 2. The second-order valence-corrected chi connectivity index (χ2v) is 6.73. The Morgan fingerprint density at radius 3 is 2.42 bits per heavy atom. The number of hydrogen-bond acceptors (Lipinski definition) is 3. The summed E-state index contributed by atoms with van der Waals surface area (Å²) in [5, 5.41) is 5.63. The van der Waals surface area contributed by atoms with Crippen LogP contribution in [-0.4, -0.2) is 11.8 Å². The van der Waals surface area contributed by atoms with Crippen LogP contribution in [0.15, 0.2) is 63.7 Å². The van der Waals surface area contributed by atoms with E-state index in [4.69, 9.17) is 4.42 Å². The third-order valence-corrected chi connectivity index (χ3v) is 4.80. The molecule has 2 amide bonds. The number of amides is 2. The zero-order valence-electron chi connectivity index (χ0n) is 14.3. The summed E-state index contributed by atoms with van der Waals surface area (Å²) in [7, 11) is 0. The lowest BCUT2D eigenvalue weighted by molar-refractivity contribution is 0.0993. The molecule has 0 radical (unpaired) electrons. The van der Waals surface area contributed by atoms with Crippen LogP contribution < -0.4 is 10.6 Å². The highest BCUT2D eigenvalue weighted by Crippen LogP contribution is 2.22. The van der Waals surface area contributed by atoms with Crippen LogP contribution in [0.25, 0.3) is 0 Å². The van der Waals surface area contributed by atoms with Crippen LogP contribution in [0.3, 0.4) is 0 Å². The maximum Gasteiger partial charge on any atom is 0.291 e. The molecule has 6 heteroatoms. The van der Waals surface area contributed by atoms with Gasteiger partial charge in [0, 0.05) is 21.4 Å². The summed E-state index contributed by atoms with van der Waals surface area (Å²) in [6.45, 7) is 3.81.